The van der Waals surface area contributed by atoms with E-state index in [9.17, 15) is 0 Å². The number of nitrogens with zero attached hydrogens (tertiary/aromatic N) is 1. The molecule has 1 spiro atoms. The number of benzene rings is 12. The van der Waals surface area contributed by atoms with E-state index in [0.29, 0.717) is 0 Å². The highest BCUT2D eigenvalue weighted by atomic mass is 16.3. The quantitative estimate of drug-likeness (QED) is 0.151. The summed E-state index contributed by atoms with van der Waals surface area (Å²) in [5.41, 5.74) is 26.5. The van der Waals surface area contributed by atoms with Gasteiger partial charge in [-0.05, 0) is 137 Å². The van der Waals surface area contributed by atoms with Crippen LogP contribution in [-0.2, 0) is 5.41 Å². The van der Waals surface area contributed by atoms with Gasteiger partial charge >= 0.3 is 0 Å². The van der Waals surface area contributed by atoms with Crippen molar-refractivity contribution >= 4 is 39.0 Å². The number of para-hydroxylation sites is 2. The van der Waals surface area contributed by atoms with Crippen LogP contribution in [0.15, 0.2) is 290 Å². The molecule has 75 heavy (non-hydrogen) atoms. The van der Waals surface area contributed by atoms with Crippen molar-refractivity contribution < 1.29 is 4.42 Å². The highest BCUT2D eigenvalue weighted by Crippen LogP contribution is 2.63. The van der Waals surface area contributed by atoms with Gasteiger partial charge in [0, 0.05) is 33.4 Å². The van der Waals surface area contributed by atoms with E-state index in [2.05, 4.69) is 284 Å². The summed E-state index contributed by atoms with van der Waals surface area (Å²) in [6.07, 6.45) is 0. The minimum absolute atomic E-state index is 0.489. The van der Waals surface area contributed by atoms with Gasteiger partial charge < -0.3 is 9.32 Å². The van der Waals surface area contributed by atoms with E-state index < -0.39 is 5.41 Å². The number of anilines is 3. The summed E-state index contributed by atoms with van der Waals surface area (Å²) in [6.45, 7) is 0. The molecule has 2 heteroatoms. The second-order valence-corrected chi connectivity index (χ2v) is 19.8. The molecule has 350 valence electrons. The van der Waals surface area contributed by atoms with Crippen LogP contribution in [0.1, 0.15) is 22.3 Å². The third-order valence-electron chi connectivity index (χ3n) is 15.9. The van der Waals surface area contributed by atoms with Crippen LogP contribution in [0.5, 0.6) is 0 Å². The molecule has 1 heterocycles. The molecule has 1 aromatic heterocycles. The molecule has 0 aliphatic heterocycles. The molecule has 0 radical (unpaired) electrons. The monoisotopic (exact) mass is 953 g/mol. The Morgan fingerprint density at radius 3 is 1.37 bits per heavy atom. The maximum Gasteiger partial charge on any atom is 0.143 e. The molecule has 12 aromatic carbocycles. The fourth-order valence-electron chi connectivity index (χ4n) is 12.8. The average molecular weight is 954 g/mol. The number of fused-ring (bicyclic) bond motifs is 13. The largest absolute Gasteiger partial charge is 0.455 e. The summed E-state index contributed by atoms with van der Waals surface area (Å²) in [7, 11) is 0. The van der Waals surface area contributed by atoms with Gasteiger partial charge in [0.1, 0.15) is 11.2 Å². The summed E-state index contributed by atoms with van der Waals surface area (Å²) in [4.78, 5) is 2.46. The second-order valence-electron chi connectivity index (χ2n) is 19.8. The first kappa shape index (κ1) is 42.9. The second kappa shape index (κ2) is 17.2. The Balaban J connectivity index is 0.949. The molecule has 0 amide bonds. The molecule has 2 nitrogen and oxygen atoms in total. The average Bonchev–Trinajstić information content (AvgIpc) is 4.29. The van der Waals surface area contributed by atoms with E-state index in [0.717, 1.165) is 55.7 Å². The van der Waals surface area contributed by atoms with E-state index in [1.54, 1.807) is 0 Å². The van der Waals surface area contributed by atoms with Gasteiger partial charge in [-0.15, -0.1) is 0 Å². The maximum absolute atomic E-state index is 6.57. The Bertz CT molecular complexity index is 4290. The maximum atomic E-state index is 6.57. The lowest BCUT2D eigenvalue weighted by molar-refractivity contribution is 0.670. The summed E-state index contributed by atoms with van der Waals surface area (Å²) >= 11 is 0. The fourth-order valence-corrected chi connectivity index (χ4v) is 12.8. The van der Waals surface area contributed by atoms with E-state index >= 15 is 0 Å². The number of hydrogen-bond donors (Lipinski definition) is 0. The lowest BCUT2D eigenvalue weighted by Gasteiger charge is -2.32. The van der Waals surface area contributed by atoms with Gasteiger partial charge in [0.15, 0.2) is 0 Å². The Kier molecular flexibility index (Phi) is 9.83. The van der Waals surface area contributed by atoms with E-state index in [4.69, 9.17) is 4.42 Å². The SMILES string of the molecule is c1ccc(-c2ccccc2-c2c(-c3ccccc3)cccc2-c2cccc(N(c3ccc(-c4cccc5c4oc4ccccc45)cc3)c3ccc4c(c3)C3(c5ccccc5-c5ccccc53)c3ccccc3-4)c2)cc1. The predicted octanol–water partition coefficient (Wildman–Crippen LogP) is 19.7. The van der Waals surface area contributed by atoms with Gasteiger partial charge in [0.05, 0.1) is 5.41 Å². The Hall–Kier alpha value is -9.76. The van der Waals surface area contributed by atoms with Crippen molar-refractivity contribution in [1.82, 2.24) is 0 Å². The normalized spacial score (nSPS) is 12.6. The van der Waals surface area contributed by atoms with Crippen molar-refractivity contribution in [3.63, 3.8) is 0 Å². The molecule has 0 fully saturated rings. The van der Waals surface area contributed by atoms with Gasteiger partial charge in [0.2, 0.25) is 0 Å². The number of hydrogen-bond acceptors (Lipinski definition) is 2. The Morgan fingerprint density at radius 2 is 0.693 bits per heavy atom. The highest BCUT2D eigenvalue weighted by molar-refractivity contribution is 6.10. The summed E-state index contributed by atoms with van der Waals surface area (Å²) in [6, 6.07) is 105. The molecule has 15 rings (SSSR count). The zero-order valence-corrected chi connectivity index (χ0v) is 41.0. The van der Waals surface area contributed by atoms with Gasteiger partial charge in [-0.1, -0.05) is 243 Å². The molecular formula is C73H47NO. The molecule has 2 aliphatic rings. The molecule has 0 atom stereocenters. The van der Waals surface area contributed by atoms with Crippen LogP contribution in [0, 0.1) is 0 Å². The first-order valence-electron chi connectivity index (χ1n) is 25.9. The molecular weight excluding hydrogens is 907 g/mol. The smallest absolute Gasteiger partial charge is 0.143 e. The van der Waals surface area contributed by atoms with E-state index in [-0.39, 0.29) is 0 Å². The fraction of sp³-hybridized carbons (Fsp3) is 0.0137. The zero-order valence-electron chi connectivity index (χ0n) is 41.0. The summed E-state index contributed by atoms with van der Waals surface area (Å²) in [5, 5.41) is 2.25. The summed E-state index contributed by atoms with van der Waals surface area (Å²) in [5.74, 6) is 0. The van der Waals surface area contributed by atoms with Crippen LogP contribution in [0.4, 0.5) is 17.1 Å². The first-order chi connectivity index (χ1) is 37.2. The third-order valence-corrected chi connectivity index (χ3v) is 15.9. The topological polar surface area (TPSA) is 16.4 Å². The standard InChI is InChI=1S/C73H47NO/c1-3-20-48(21-4-1)55-26-7-8-31-64(55)71-56(49-22-5-2-6-23-49)32-18-33-57(71)51-24-17-25-53(46-51)74(52-42-40-50(41-43-52)58-34-19-35-65-63-30-12-16-39-70(63)75-72(58)65)54-44-45-62-61-29-11-15-38-68(61)73(69(62)47-54)66-36-13-9-27-59(66)60-28-10-14-37-67(60)73/h1-47H. The predicted molar refractivity (Wildman–Crippen MR) is 312 cm³/mol. The molecule has 0 N–H and O–H groups in total. The zero-order chi connectivity index (χ0) is 49.5. The van der Waals surface area contributed by atoms with Crippen molar-refractivity contribution in [2.24, 2.45) is 0 Å². The van der Waals surface area contributed by atoms with Crippen molar-refractivity contribution in [3.8, 4) is 77.9 Å². The number of furan rings is 1. The van der Waals surface area contributed by atoms with Gasteiger partial charge in [0.25, 0.3) is 0 Å². The van der Waals surface area contributed by atoms with E-state index in [1.807, 2.05) is 6.07 Å². The van der Waals surface area contributed by atoms with Crippen molar-refractivity contribution in [2.45, 2.75) is 5.41 Å². The Labute approximate surface area is 436 Å². The molecule has 0 saturated heterocycles. The van der Waals surface area contributed by atoms with Crippen molar-refractivity contribution in [2.75, 3.05) is 4.90 Å². The van der Waals surface area contributed by atoms with Gasteiger partial charge in [-0.3, -0.25) is 0 Å². The first-order valence-corrected chi connectivity index (χ1v) is 25.9. The van der Waals surface area contributed by atoms with Crippen LogP contribution in [-0.4, -0.2) is 0 Å². The molecule has 0 unspecified atom stereocenters. The van der Waals surface area contributed by atoms with Crippen molar-refractivity contribution in [3.05, 3.63) is 307 Å². The molecule has 0 saturated carbocycles. The van der Waals surface area contributed by atoms with Crippen LogP contribution >= 0.6 is 0 Å². The molecule has 13 aromatic rings. The lowest BCUT2D eigenvalue weighted by Crippen LogP contribution is -2.26. The Morgan fingerprint density at radius 1 is 0.253 bits per heavy atom. The summed E-state index contributed by atoms with van der Waals surface area (Å²) < 4.78 is 6.57. The van der Waals surface area contributed by atoms with Crippen LogP contribution in [0.2, 0.25) is 0 Å². The van der Waals surface area contributed by atoms with Gasteiger partial charge in [-0.2, -0.15) is 0 Å². The van der Waals surface area contributed by atoms with Crippen molar-refractivity contribution in [1.29, 1.82) is 0 Å². The van der Waals surface area contributed by atoms with Crippen LogP contribution < -0.4 is 4.90 Å². The molecule has 2 aliphatic carbocycles. The minimum atomic E-state index is -0.489. The highest BCUT2D eigenvalue weighted by Gasteiger charge is 2.51. The van der Waals surface area contributed by atoms with Gasteiger partial charge in [-0.25, -0.2) is 0 Å². The van der Waals surface area contributed by atoms with Crippen LogP contribution in [0.25, 0.3) is 99.8 Å². The van der Waals surface area contributed by atoms with E-state index in [1.165, 1.54) is 83.5 Å². The minimum Gasteiger partial charge on any atom is -0.455 e. The lowest BCUT2D eigenvalue weighted by atomic mass is 9.70. The number of rotatable bonds is 8. The van der Waals surface area contributed by atoms with Crippen LogP contribution in [0.3, 0.4) is 0 Å². The third kappa shape index (κ3) is 6.60. The molecule has 0 bridgehead atoms.